The van der Waals surface area contributed by atoms with Gasteiger partial charge in [0.1, 0.15) is 6.10 Å². The topological polar surface area (TPSA) is 97.7 Å². The van der Waals surface area contributed by atoms with Crippen LogP contribution in [0, 0.1) is 40.4 Å². The molecule has 3 aliphatic heterocycles. The second-order valence-electron chi connectivity index (χ2n) is 15.0. The first-order valence-corrected chi connectivity index (χ1v) is 15.7. The van der Waals surface area contributed by atoms with E-state index in [1.807, 2.05) is 25.9 Å². The third kappa shape index (κ3) is 3.67. The van der Waals surface area contributed by atoms with Gasteiger partial charge in [0.25, 0.3) is 0 Å². The van der Waals surface area contributed by atoms with Gasteiger partial charge in [0.2, 0.25) is 6.29 Å². The molecular weight excluding hydrogens is 498 g/mol. The van der Waals surface area contributed by atoms with Crippen molar-refractivity contribution in [2.45, 2.75) is 134 Å². The molecule has 8 nitrogen and oxygen atoms in total. The van der Waals surface area contributed by atoms with Crippen molar-refractivity contribution in [1.29, 1.82) is 0 Å². The van der Waals surface area contributed by atoms with E-state index in [0.29, 0.717) is 30.1 Å². The Morgan fingerprint density at radius 3 is 2.49 bits per heavy atom. The fourth-order valence-electron chi connectivity index (χ4n) is 11.4. The Hall–Kier alpha value is -0.770. The number of carbonyl (C=O) groups is 1. The molecule has 39 heavy (non-hydrogen) atoms. The highest BCUT2D eigenvalue weighted by atomic mass is 16.7. The predicted molar refractivity (Wildman–Crippen MR) is 142 cm³/mol. The molecule has 7 fully saturated rings. The maximum absolute atomic E-state index is 12.2. The van der Waals surface area contributed by atoms with Gasteiger partial charge in [0, 0.05) is 11.3 Å². The highest BCUT2D eigenvalue weighted by molar-refractivity contribution is 5.72. The minimum absolute atomic E-state index is 0.0528. The number of aliphatic hydroxyl groups excluding tert-OH is 2. The first-order chi connectivity index (χ1) is 18.5. The number of aliphatic hydroxyl groups is 2. The molecule has 2 N–H and O–H groups in total. The molecule has 0 aromatic heterocycles. The lowest BCUT2D eigenvalue weighted by atomic mass is 9.42. The molecule has 0 aromatic carbocycles. The lowest BCUT2D eigenvalue weighted by Gasteiger charge is -2.67. The van der Waals surface area contributed by atoms with Crippen LogP contribution in [-0.2, 0) is 23.7 Å². The third-order valence-corrected chi connectivity index (χ3v) is 13.4. The van der Waals surface area contributed by atoms with Crippen LogP contribution in [0.1, 0.15) is 85.0 Å². The van der Waals surface area contributed by atoms with Gasteiger partial charge in [-0.3, -0.25) is 4.79 Å². The monoisotopic (exact) mass is 547 g/mol. The largest absolute Gasteiger partial charge is 0.435 e. The van der Waals surface area contributed by atoms with Crippen molar-refractivity contribution in [3.8, 4) is 0 Å². The Morgan fingerprint density at radius 2 is 1.72 bits per heavy atom. The van der Waals surface area contributed by atoms with Gasteiger partial charge in [-0.1, -0.05) is 13.8 Å². The van der Waals surface area contributed by atoms with E-state index in [4.69, 9.17) is 18.9 Å². The van der Waals surface area contributed by atoms with Crippen LogP contribution < -0.4 is 0 Å². The summed E-state index contributed by atoms with van der Waals surface area (Å²) in [4.78, 5) is 14.1. The predicted octanol–water partition coefficient (Wildman–Crippen LogP) is 3.47. The Bertz CT molecular complexity index is 992. The van der Waals surface area contributed by atoms with Crippen molar-refractivity contribution in [3.63, 3.8) is 0 Å². The molecule has 0 radical (unpaired) electrons. The van der Waals surface area contributed by atoms with Gasteiger partial charge in [0.05, 0.1) is 36.4 Å². The zero-order valence-electron chi connectivity index (χ0n) is 24.4. The standard InChI is InChI=1S/C31H49NO7/c1-16-25(34)24(32(4)5)26(35)28(36-16)37-18-8-11-29(2)17(14-18)6-7-22-21(29)9-12-30(3)20-10-13-31(22,30)39-27-19(20)15-23(33)38-27/h16-22,24-28,34-35H,6-15H2,1-5H3/t16-,17+,18-,19-,20+,21-,22+,24-,25-,26+,27+,28-,29-,30+,31-/m0/s1. The average molecular weight is 548 g/mol. The van der Waals surface area contributed by atoms with Gasteiger partial charge in [-0.15, -0.1) is 0 Å². The van der Waals surface area contributed by atoms with E-state index in [2.05, 4.69) is 13.8 Å². The summed E-state index contributed by atoms with van der Waals surface area (Å²) in [5.74, 6) is 2.40. The first kappa shape index (κ1) is 27.1. The van der Waals surface area contributed by atoms with Crippen molar-refractivity contribution in [3.05, 3.63) is 0 Å². The maximum Gasteiger partial charge on any atom is 0.308 e. The summed E-state index contributed by atoms with van der Waals surface area (Å²) in [5.41, 5.74) is 0.225. The molecule has 220 valence electrons. The second-order valence-corrected chi connectivity index (χ2v) is 15.0. The fraction of sp³-hybridized carbons (Fsp3) is 0.968. The van der Waals surface area contributed by atoms with Crippen LogP contribution in [0.15, 0.2) is 0 Å². The molecule has 7 rings (SSSR count). The fourth-order valence-corrected chi connectivity index (χ4v) is 11.4. The van der Waals surface area contributed by atoms with Crippen molar-refractivity contribution < 1.29 is 34.0 Å². The average Bonchev–Trinajstić information content (AvgIpc) is 3.33. The molecule has 15 atom stereocenters. The van der Waals surface area contributed by atoms with Gasteiger partial charge in [-0.2, -0.15) is 0 Å². The number of esters is 1. The molecule has 3 saturated heterocycles. The smallest absolute Gasteiger partial charge is 0.308 e. The molecule has 4 aliphatic carbocycles. The van der Waals surface area contributed by atoms with Gasteiger partial charge in [0.15, 0.2) is 6.29 Å². The van der Waals surface area contributed by atoms with E-state index in [-0.39, 0.29) is 40.7 Å². The van der Waals surface area contributed by atoms with Crippen molar-refractivity contribution >= 4 is 5.97 Å². The second kappa shape index (κ2) is 9.11. The number of fused-ring (bicyclic) bond motifs is 5. The zero-order chi connectivity index (χ0) is 27.5. The third-order valence-electron chi connectivity index (χ3n) is 13.4. The van der Waals surface area contributed by atoms with Gasteiger partial charge < -0.3 is 34.1 Å². The zero-order valence-corrected chi connectivity index (χ0v) is 24.4. The summed E-state index contributed by atoms with van der Waals surface area (Å²) in [6.45, 7) is 6.87. The lowest BCUT2D eigenvalue weighted by molar-refractivity contribution is -0.325. The highest BCUT2D eigenvalue weighted by Crippen LogP contribution is 2.74. The van der Waals surface area contributed by atoms with Crippen molar-refractivity contribution in [2.24, 2.45) is 40.4 Å². The van der Waals surface area contributed by atoms with E-state index >= 15 is 0 Å². The van der Waals surface area contributed by atoms with Gasteiger partial charge in [-0.05, 0) is 108 Å². The van der Waals surface area contributed by atoms with E-state index in [1.165, 1.54) is 32.1 Å². The van der Waals surface area contributed by atoms with E-state index < -0.39 is 30.6 Å². The number of rotatable bonds is 3. The van der Waals surface area contributed by atoms with Crippen LogP contribution >= 0.6 is 0 Å². The number of nitrogens with zero attached hydrogens (tertiary/aromatic N) is 1. The number of carbonyl (C=O) groups excluding carboxylic acids is 1. The van der Waals surface area contributed by atoms with Crippen LogP contribution in [0.5, 0.6) is 0 Å². The molecule has 7 aliphatic rings. The number of ether oxygens (including phenoxy) is 4. The summed E-state index contributed by atoms with van der Waals surface area (Å²) in [6, 6.07) is -0.414. The van der Waals surface area contributed by atoms with Crippen molar-refractivity contribution in [2.75, 3.05) is 14.1 Å². The number of likely N-dealkylation sites (N-methyl/N-ethyl adjacent to an activating group) is 1. The summed E-state index contributed by atoms with van der Waals surface area (Å²) in [6.07, 6.45) is 7.60. The van der Waals surface area contributed by atoms with E-state index in [0.717, 1.165) is 25.7 Å². The SMILES string of the molecule is C[C@@H]1O[C@@H](O[C@H]2CC[C@@]3(C)[C@H](CC[C@@H]4[C@@H]3CC[C@]3(C)[C@@H]5CC[C@]43O[C@H]3OC(=O)C[C@H]35)C2)[C@H](O)[C@@H](N(C)C)[C@H]1O. The minimum atomic E-state index is -0.891. The van der Waals surface area contributed by atoms with Gasteiger partial charge >= 0.3 is 5.97 Å². The minimum Gasteiger partial charge on any atom is -0.435 e. The van der Waals surface area contributed by atoms with Gasteiger partial charge in [-0.25, -0.2) is 0 Å². The van der Waals surface area contributed by atoms with Crippen LogP contribution in [-0.4, -0.2) is 83.8 Å². The van der Waals surface area contributed by atoms with Crippen LogP contribution in [0.4, 0.5) is 0 Å². The Morgan fingerprint density at radius 1 is 0.949 bits per heavy atom. The highest BCUT2D eigenvalue weighted by Gasteiger charge is 2.74. The molecule has 0 amide bonds. The van der Waals surface area contributed by atoms with Crippen LogP contribution in [0.2, 0.25) is 0 Å². The Kier molecular flexibility index (Phi) is 6.33. The van der Waals surface area contributed by atoms with Crippen molar-refractivity contribution in [1.82, 2.24) is 4.90 Å². The molecule has 0 unspecified atom stereocenters. The summed E-state index contributed by atoms with van der Waals surface area (Å²) in [7, 11) is 3.76. The molecule has 0 spiro atoms. The Labute approximate surface area is 233 Å². The molecule has 2 bridgehead atoms. The summed E-state index contributed by atoms with van der Waals surface area (Å²) >= 11 is 0. The Balaban J connectivity index is 1.08. The quantitative estimate of drug-likeness (QED) is 0.410. The van der Waals surface area contributed by atoms with Crippen LogP contribution in [0.3, 0.4) is 0 Å². The molecule has 3 heterocycles. The number of hydrogen-bond acceptors (Lipinski definition) is 8. The van der Waals surface area contributed by atoms with Crippen LogP contribution in [0.25, 0.3) is 0 Å². The molecular formula is C31H49NO7. The summed E-state index contributed by atoms with van der Waals surface area (Å²) < 4.78 is 25.2. The maximum atomic E-state index is 12.2. The van der Waals surface area contributed by atoms with E-state index in [9.17, 15) is 15.0 Å². The molecule has 0 aromatic rings. The molecule has 4 saturated carbocycles. The first-order valence-electron chi connectivity index (χ1n) is 15.7. The normalized spacial score (nSPS) is 58.3. The van der Waals surface area contributed by atoms with E-state index in [1.54, 1.807) is 0 Å². The lowest BCUT2D eigenvalue weighted by Crippen LogP contribution is -2.67. The molecule has 8 heteroatoms. The summed E-state index contributed by atoms with van der Waals surface area (Å²) in [5, 5.41) is 21.6. The number of hydrogen-bond donors (Lipinski definition) is 2.